The first-order valence-corrected chi connectivity index (χ1v) is 7.22. The van der Waals surface area contributed by atoms with Gasteiger partial charge < -0.3 is 15.3 Å². The van der Waals surface area contributed by atoms with E-state index in [1.165, 1.54) is 25.1 Å². The highest BCUT2D eigenvalue weighted by molar-refractivity contribution is 8.13. The molecule has 2 atom stereocenters. The van der Waals surface area contributed by atoms with Gasteiger partial charge >= 0.3 is 5.97 Å². The van der Waals surface area contributed by atoms with Crippen molar-refractivity contribution in [1.29, 1.82) is 0 Å². The molecule has 0 heterocycles. The van der Waals surface area contributed by atoms with Crippen LogP contribution in [0.25, 0.3) is 0 Å². The molecule has 0 aliphatic rings. The summed E-state index contributed by atoms with van der Waals surface area (Å²) in [6.07, 6.45) is -2.37. The molecule has 5 nitrogen and oxygen atoms in total. The molecule has 0 fully saturated rings. The zero-order chi connectivity index (χ0) is 15.3. The van der Waals surface area contributed by atoms with Gasteiger partial charge in [-0.25, -0.2) is 4.79 Å². The molecule has 1 rings (SSSR count). The molecule has 1 aromatic carbocycles. The molecule has 20 heavy (non-hydrogen) atoms. The number of aliphatic hydroxyl groups is 2. The molecule has 0 saturated carbocycles. The zero-order valence-electron chi connectivity index (χ0n) is 10.7. The van der Waals surface area contributed by atoms with Crippen LogP contribution in [0.5, 0.6) is 0 Å². The fraction of sp³-hybridized carbons (Fsp3) is 0.385. The molecule has 0 spiro atoms. The molecule has 7 heteroatoms. The van der Waals surface area contributed by atoms with Crippen LogP contribution < -0.4 is 0 Å². The van der Waals surface area contributed by atoms with Gasteiger partial charge in [-0.15, -0.1) is 0 Å². The second kappa shape index (κ2) is 7.64. The summed E-state index contributed by atoms with van der Waals surface area (Å²) < 4.78 is 0. The van der Waals surface area contributed by atoms with Gasteiger partial charge in [-0.2, -0.15) is 0 Å². The molecule has 0 aromatic heterocycles. The molecule has 0 saturated heterocycles. The zero-order valence-corrected chi connectivity index (χ0v) is 12.3. The molecule has 110 valence electrons. The van der Waals surface area contributed by atoms with Crippen LogP contribution in [0.15, 0.2) is 18.2 Å². The summed E-state index contributed by atoms with van der Waals surface area (Å²) in [5.74, 6) is -0.925. The smallest absolute Gasteiger partial charge is 0.337 e. The molecule has 0 aliphatic heterocycles. The summed E-state index contributed by atoms with van der Waals surface area (Å²) in [6.45, 7) is 1.41. The van der Waals surface area contributed by atoms with Gasteiger partial charge in [0.05, 0.1) is 16.7 Å². The van der Waals surface area contributed by atoms with Crippen molar-refractivity contribution in [3.63, 3.8) is 0 Å². The van der Waals surface area contributed by atoms with Gasteiger partial charge in [0.2, 0.25) is 0 Å². The first-order chi connectivity index (χ1) is 9.34. The summed E-state index contributed by atoms with van der Waals surface area (Å²) in [6, 6.07) is 4.31. The van der Waals surface area contributed by atoms with Gasteiger partial charge in [0, 0.05) is 12.7 Å². The first-order valence-electron chi connectivity index (χ1n) is 5.85. The Hall–Kier alpha value is -1.08. The lowest BCUT2D eigenvalue weighted by atomic mass is 9.97. The maximum Gasteiger partial charge on any atom is 0.337 e. The van der Waals surface area contributed by atoms with Crippen molar-refractivity contribution in [3.8, 4) is 0 Å². The van der Waals surface area contributed by atoms with E-state index in [-0.39, 0.29) is 27.7 Å². The van der Waals surface area contributed by atoms with Gasteiger partial charge in [-0.3, -0.25) is 4.79 Å². The molecular weight excluding hydrogens is 304 g/mol. The number of carbonyl (C=O) groups is 2. The monoisotopic (exact) mass is 318 g/mol. The molecule has 0 amide bonds. The van der Waals surface area contributed by atoms with E-state index in [4.69, 9.17) is 16.7 Å². The van der Waals surface area contributed by atoms with Crippen molar-refractivity contribution in [3.05, 3.63) is 34.3 Å². The van der Waals surface area contributed by atoms with Crippen LogP contribution in [0.4, 0.5) is 0 Å². The maximum atomic E-state index is 11.1. The van der Waals surface area contributed by atoms with Gasteiger partial charge in [-0.05, 0) is 18.1 Å². The summed E-state index contributed by atoms with van der Waals surface area (Å²) in [5, 5.41) is 28.9. The van der Waals surface area contributed by atoms with Crippen molar-refractivity contribution >= 4 is 34.4 Å². The number of aliphatic hydroxyl groups excluding tert-OH is 2. The third kappa shape index (κ3) is 4.49. The number of carboxylic acids is 1. The Labute approximate surface area is 125 Å². The number of thioether (sulfide) groups is 1. The number of benzene rings is 1. The Kier molecular flexibility index (Phi) is 6.48. The van der Waals surface area contributed by atoms with Crippen LogP contribution in [0, 0.1) is 0 Å². The largest absolute Gasteiger partial charge is 0.478 e. The summed E-state index contributed by atoms with van der Waals surface area (Å²) in [7, 11) is 0. The Morgan fingerprint density at radius 2 is 2.00 bits per heavy atom. The minimum Gasteiger partial charge on any atom is -0.478 e. The topological polar surface area (TPSA) is 94.8 Å². The van der Waals surface area contributed by atoms with Crippen molar-refractivity contribution in [2.45, 2.75) is 25.6 Å². The SMILES string of the molecule is CC(=O)SCCC(O)C(O)c1cccc(Cl)c1C(=O)O. The Bertz CT molecular complexity index is 506. The molecular formula is C13H15ClO5S. The lowest BCUT2D eigenvalue weighted by Gasteiger charge is -2.20. The number of hydrogen-bond donors (Lipinski definition) is 3. The van der Waals surface area contributed by atoms with E-state index in [1.807, 2.05) is 0 Å². The van der Waals surface area contributed by atoms with E-state index in [1.54, 1.807) is 0 Å². The van der Waals surface area contributed by atoms with E-state index < -0.39 is 18.2 Å². The second-order valence-electron chi connectivity index (χ2n) is 4.15. The first kappa shape index (κ1) is 17.0. The van der Waals surface area contributed by atoms with Crippen LogP contribution in [0.1, 0.15) is 35.4 Å². The minimum atomic E-state index is -1.37. The number of rotatable bonds is 6. The molecule has 0 bridgehead atoms. The summed E-state index contributed by atoms with van der Waals surface area (Å²) in [5.41, 5.74) is -0.162. The normalized spacial score (nSPS) is 13.8. The maximum absolute atomic E-state index is 11.1. The lowest BCUT2D eigenvalue weighted by Crippen LogP contribution is -2.21. The van der Waals surface area contributed by atoms with Crippen LogP contribution in [0.3, 0.4) is 0 Å². The summed E-state index contributed by atoms with van der Waals surface area (Å²) in [4.78, 5) is 21.9. The van der Waals surface area contributed by atoms with Gasteiger partial charge in [0.25, 0.3) is 0 Å². The Balaban J connectivity index is 2.86. The Morgan fingerprint density at radius 3 is 2.55 bits per heavy atom. The van der Waals surface area contributed by atoms with Gasteiger partial charge in [-0.1, -0.05) is 35.5 Å². The Morgan fingerprint density at radius 1 is 1.35 bits per heavy atom. The molecule has 1 aromatic rings. The average Bonchev–Trinajstić information content (AvgIpc) is 2.36. The average molecular weight is 319 g/mol. The van der Waals surface area contributed by atoms with Crippen molar-refractivity contribution in [2.75, 3.05) is 5.75 Å². The van der Waals surface area contributed by atoms with Crippen molar-refractivity contribution in [2.24, 2.45) is 0 Å². The van der Waals surface area contributed by atoms with Crippen LogP contribution in [0.2, 0.25) is 5.02 Å². The predicted octanol–water partition coefficient (Wildman–Crippen LogP) is 2.10. The minimum absolute atomic E-state index is 0.000592. The summed E-state index contributed by atoms with van der Waals surface area (Å²) >= 11 is 6.83. The van der Waals surface area contributed by atoms with Crippen molar-refractivity contribution in [1.82, 2.24) is 0 Å². The standard InChI is InChI=1S/C13H15ClO5S/c1-7(15)20-6-5-10(16)12(17)8-3-2-4-9(14)11(8)13(18)19/h2-4,10,12,16-17H,5-6H2,1H3,(H,18,19). The quantitative estimate of drug-likeness (QED) is 0.743. The number of aromatic carboxylic acids is 1. The highest BCUT2D eigenvalue weighted by Gasteiger charge is 2.25. The highest BCUT2D eigenvalue weighted by atomic mass is 35.5. The highest BCUT2D eigenvalue weighted by Crippen LogP contribution is 2.28. The molecule has 0 aliphatic carbocycles. The third-order valence-corrected chi connectivity index (χ3v) is 3.82. The number of hydrogen-bond acceptors (Lipinski definition) is 5. The fourth-order valence-corrected chi connectivity index (χ4v) is 2.61. The van der Waals surface area contributed by atoms with Crippen molar-refractivity contribution < 1.29 is 24.9 Å². The molecule has 2 unspecified atom stereocenters. The number of carboxylic acid groups (broad SMARTS) is 1. The number of halogens is 1. The van der Waals surface area contributed by atoms with E-state index in [9.17, 15) is 19.8 Å². The molecule has 3 N–H and O–H groups in total. The number of carbonyl (C=O) groups excluding carboxylic acids is 1. The lowest BCUT2D eigenvalue weighted by molar-refractivity contribution is -0.109. The van der Waals surface area contributed by atoms with Crippen LogP contribution in [-0.2, 0) is 4.79 Å². The van der Waals surface area contributed by atoms with Crippen LogP contribution >= 0.6 is 23.4 Å². The molecule has 0 radical (unpaired) electrons. The van der Waals surface area contributed by atoms with E-state index in [2.05, 4.69) is 0 Å². The van der Waals surface area contributed by atoms with Crippen LogP contribution in [-0.4, -0.2) is 38.3 Å². The van der Waals surface area contributed by atoms with Gasteiger partial charge in [0.1, 0.15) is 6.10 Å². The van der Waals surface area contributed by atoms with E-state index >= 15 is 0 Å². The third-order valence-electron chi connectivity index (χ3n) is 2.66. The van der Waals surface area contributed by atoms with E-state index in [0.717, 1.165) is 11.8 Å². The fourth-order valence-electron chi connectivity index (χ4n) is 1.70. The predicted molar refractivity (Wildman–Crippen MR) is 77.1 cm³/mol. The van der Waals surface area contributed by atoms with E-state index in [0.29, 0.717) is 5.75 Å². The van der Waals surface area contributed by atoms with Gasteiger partial charge in [0.15, 0.2) is 5.12 Å². The second-order valence-corrected chi connectivity index (χ2v) is 5.83.